The monoisotopic (exact) mass is 235 g/mol. The van der Waals surface area contributed by atoms with Gasteiger partial charge in [0.2, 0.25) is 5.91 Å². The van der Waals surface area contributed by atoms with E-state index in [4.69, 9.17) is 0 Å². The maximum atomic E-state index is 11.6. The van der Waals surface area contributed by atoms with Crippen LogP contribution in [0.25, 0.3) is 0 Å². The summed E-state index contributed by atoms with van der Waals surface area (Å²) in [7, 11) is 0. The third-order valence-electron chi connectivity index (χ3n) is 2.66. The summed E-state index contributed by atoms with van der Waals surface area (Å²) < 4.78 is 0. The van der Waals surface area contributed by atoms with Gasteiger partial charge in [0.05, 0.1) is 0 Å². The molecule has 0 bridgehead atoms. The molecule has 1 aromatic rings. The number of hydrogen-bond acceptors (Lipinski definition) is 2. The molecule has 0 aliphatic carbocycles. The average molecular weight is 235 g/mol. The Kier molecular flexibility index (Phi) is 5.01. The minimum atomic E-state index is 0.0827. The summed E-state index contributed by atoms with van der Waals surface area (Å²) in [5, 5.41) is 12.1. The van der Waals surface area contributed by atoms with Gasteiger partial charge in [-0.25, -0.2) is 0 Å². The van der Waals surface area contributed by atoms with Crippen molar-refractivity contribution in [2.75, 3.05) is 6.54 Å². The van der Waals surface area contributed by atoms with Crippen molar-refractivity contribution in [2.45, 2.75) is 33.1 Å². The van der Waals surface area contributed by atoms with E-state index in [9.17, 15) is 9.90 Å². The van der Waals surface area contributed by atoms with Crippen LogP contribution in [0.5, 0.6) is 5.75 Å². The van der Waals surface area contributed by atoms with Crippen molar-refractivity contribution < 1.29 is 9.90 Å². The van der Waals surface area contributed by atoms with Gasteiger partial charge in [-0.3, -0.25) is 4.79 Å². The highest BCUT2D eigenvalue weighted by molar-refractivity contribution is 5.76. The molecule has 1 aromatic carbocycles. The quantitative estimate of drug-likeness (QED) is 0.824. The second-order valence-electron chi connectivity index (χ2n) is 4.89. The maximum absolute atomic E-state index is 11.6. The summed E-state index contributed by atoms with van der Waals surface area (Å²) in [5.74, 6) is 0.982. The molecule has 2 N–H and O–H groups in total. The summed E-state index contributed by atoms with van der Waals surface area (Å²) in [6.45, 7) is 6.88. The SMILES string of the molecule is CC(C)CNC(=O)CC(C)c1ccc(O)cc1. The first-order valence-electron chi connectivity index (χ1n) is 6.04. The highest BCUT2D eigenvalue weighted by Crippen LogP contribution is 2.21. The molecule has 0 aliphatic heterocycles. The number of hydrogen-bond donors (Lipinski definition) is 2. The molecule has 3 heteroatoms. The van der Waals surface area contributed by atoms with Gasteiger partial charge < -0.3 is 10.4 Å². The van der Waals surface area contributed by atoms with Crippen molar-refractivity contribution in [3.63, 3.8) is 0 Å². The number of phenols is 1. The van der Waals surface area contributed by atoms with Gasteiger partial charge in [-0.2, -0.15) is 0 Å². The zero-order chi connectivity index (χ0) is 12.8. The number of carbonyl (C=O) groups is 1. The van der Waals surface area contributed by atoms with E-state index in [2.05, 4.69) is 19.2 Å². The Morgan fingerprint density at radius 1 is 1.24 bits per heavy atom. The van der Waals surface area contributed by atoms with Crippen LogP contribution < -0.4 is 5.32 Å². The number of rotatable bonds is 5. The second kappa shape index (κ2) is 6.28. The van der Waals surface area contributed by atoms with Crippen LogP contribution in [0.1, 0.15) is 38.7 Å². The van der Waals surface area contributed by atoms with Crippen molar-refractivity contribution in [1.82, 2.24) is 5.32 Å². The summed E-state index contributed by atoms with van der Waals surface area (Å²) >= 11 is 0. The van der Waals surface area contributed by atoms with E-state index in [1.165, 1.54) is 0 Å². The molecule has 0 spiro atoms. The number of aromatic hydroxyl groups is 1. The Hall–Kier alpha value is -1.51. The zero-order valence-electron chi connectivity index (χ0n) is 10.7. The van der Waals surface area contributed by atoms with Crippen molar-refractivity contribution in [3.8, 4) is 5.75 Å². The molecule has 94 valence electrons. The van der Waals surface area contributed by atoms with Crippen LogP contribution >= 0.6 is 0 Å². The lowest BCUT2D eigenvalue weighted by Crippen LogP contribution is -2.28. The average Bonchev–Trinajstić information content (AvgIpc) is 2.27. The molecule has 17 heavy (non-hydrogen) atoms. The van der Waals surface area contributed by atoms with E-state index < -0.39 is 0 Å². The first-order chi connectivity index (χ1) is 7.99. The van der Waals surface area contributed by atoms with Crippen LogP contribution in [0.15, 0.2) is 24.3 Å². The van der Waals surface area contributed by atoms with Crippen LogP contribution in [-0.4, -0.2) is 17.6 Å². The van der Waals surface area contributed by atoms with Crippen molar-refractivity contribution in [3.05, 3.63) is 29.8 Å². The minimum Gasteiger partial charge on any atom is -0.508 e. The molecule has 0 heterocycles. The van der Waals surface area contributed by atoms with Crippen molar-refractivity contribution in [1.29, 1.82) is 0 Å². The van der Waals surface area contributed by atoms with Crippen LogP contribution in [0.2, 0.25) is 0 Å². The molecule has 0 fully saturated rings. The molecule has 0 aromatic heterocycles. The number of carbonyl (C=O) groups excluding carboxylic acids is 1. The van der Waals surface area contributed by atoms with E-state index in [0.29, 0.717) is 12.3 Å². The van der Waals surface area contributed by atoms with Crippen molar-refractivity contribution >= 4 is 5.91 Å². The highest BCUT2D eigenvalue weighted by Gasteiger charge is 2.11. The Morgan fingerprint density at radius 2 is 1.82 bits per heavy atom. The van der Waals surface area contributed by atoms with Gasteiger partial charge in [0.15, 0.2) is 0 Å². The first kappa shape index (κ1) is 13.6. The molecule has 0 saturated heterocycles. The van der Waals surface area contributed by atoms with Gasteiger partial charge in [-0.1, -0.05) is 32.9 Å². The fourth-order valence-corrected chi connectivity index (χ4v) is 1.59. The fourth-order valence-electron chi connectivity index (χ4n) is 1.59. The second-order valence-corrected chi connectivity index (χ2v) is 4.89. The predicted molar refractivity (Wildman–Crippen MR) is 69.0 cm³/mol. The predicted octanol–water partition coefficient (Wildman–Crippen LogP) is 2.66. The summed E-state index contributed by atoms with van der Waals surface area (Å²) in [6.07, 6.45) is 0.484. The molecular weight excluding hydrogens is 214 g/mol. The summed E-state index contributed by atoms with van der Waals surface area (Å²) in [5.41, 5.74) is 1.07. The summed E-state index contributed by atoms with van der Waals surface area (Å²) in [6, 6.07) is 7.02. The molecule has 1 atom stereocenters. The molecule has 1 rings (SSSR count). The smallest absolute Gasteiger partial charge is 0.220 e. The standard InChI is InChI=1S/C14H21NO2/c1-10(2)9-15-14(17)8-11(3)12-4-6-13(16)7-5-12/h4-7,10-11,16H,8-9H2,1-3H3,(H,15,17). The van der Waals surface area contributed by atoms with E-state index >= 15 is 0 Å². The third kappa shape index (κ3) is 4.89. The summed E-state index contributed by atoms with van der Waals surface area (Å²) in [4.78, 5) is 11.6. The number of amides is 1. The highest BCUT2D eigenvalue weighted by atomic mass is 16.3. The normalized spacial score (nSPS) is 12.5. The lowest BCUT2D eigenvalue weighted by atomic mass is 9.97. The van der Waals surface area contributed by atoms with E-state index in [-0.39, 0.29) is 17.6 Å². The first-order valence-corrected chi connectivity index (χ1v) is 6.04. The molecular formula is C14H21NO2. The molecule has 1 unspecified atom stereocenters. The molecule has 0 aliphatic rings. The molecule has 1 amide bonds. The largest absolute Gasteiger partial charge is 0.508 e. The van der Waals surface area contributed by atoms with Crippen molar-refractivity contribution in [2.24, 2.45) is 5.92 Å². The van der Waals surface area contributed by atoms with Gasteiger partial charge in [0, 0.05) is 13.0 Å². The Bertz CT molecular complexity index is 357. The van der Waals surface area contributed by atoms with Crippen LogP contribution in [0.3, 0.4) is 0 Å². The zero-order valence-corrected chi connectivity index (χ0v) is 10.7. The van der Waals surface area contributed by atoms with Crippen LogP contribution in [0, 0.1) is 5.92 Å². The van der Waals surface area contributed by atoms with Crippen LogP contribution in [-0.2, 0) is 4.79 Å². The van der Waals surface area contributed by atoms with E-state index in [0.717, 1.165) is 12.1 Å². The number of phenolic OH excluding ortho intramolecular Hbond substituents is 1. The van der Waals surface area contributed by atoms with Gasteiger partial charge >= 0.3 is 0 Å². The van der Waals surface area contributed by atoms with Gasteiger partial charge in [0.1, 0.15) is 5.75 Å². The Balaban J connectivity index is 2.46. The molecule has 0 radical (unpaired) electrons. The lowest BCUT2D eigenvalue weighted by molar-refractivity contribution is -0.121. The number of nitrogens with one attached hydrogen (secondary N) is 1. The number of benzene rings is 1. The third-order valence-corrected chi connectivity index (χ3v) is 2.66. The maximum Gasteiger partial charge on any atom is 0.220 e. The van der Waals surface area contributed by atoms with Gasteiger partial charge in [0.25, 0.3) is 0 Å². The van der Waals surface area contributed by atoms with E-state index in [1.54, 1.807) is 12.1 Å². The minimum absolute atomic E-state index is 0.0827. The Morgan fingerprint density at radius 3 is 2.35 bits per heavy atom. The fraction of sp³-hybridized carbons (Fsp3) is 0.500. The molecule has 3 nitrogen and oxygen atoms in total. The molecule has 0 saturated carbocycles. The van der Waals surface area contributed by atoms with Crippen LogP contribution in [0.4, 0.5) is 0 Å². The van der Waals surface area contributed by atoms with Gasteiger partial charge in [-0.15, -0.1) is 0 Å². The lowest BCUT2D eigenvalue weighted by Gasteiger charge is -2.13. The van der Waals surface area contributed by atoms with E-state index in [1.807, 2.05) is 19.1 Å². The topological polar surface area (TPSA) is 49.3 Å². The van der Waals surface area contributed by atoms with Gasteiger partial charge in [-0.05, 0) is 29.5 Å². The Labute approximate surface area is 103 Å².